The number of benzene rings is 2. The van der Waals surface area contributed by atoms with Crippen molar-refractivity contribution in [1.29, 1.82) is 0 Å². The molecule has 182 valence electrons. The summed E-state index contributed by atoms with van der Waals surface area (Å²) in [5.41, 5.74) is 0.808. The van der Waals surface area contributed by atoms with E-state index in [0.717, 1.165) is 11.8 Å². The molecular weight excluding hydrogens is 463 g/mol. The number of nitrogens with one attached hydrogen (secondary N) is 1. The van der Waals surface area contributed by atoms with Gasteiger partial charge in [0.2, 0.25) is 11.7 Å². The second kappa shape index (κ2) is 11.7. The van der Waals surface area contributed by atoms with Crippen LogP contribution in [-0.4, -0.2) is 67.5 Å². The number of rotatable bonds is 11. The number of ether oxygens (including phenoxy) is 4. The standard InChI is InChI=1S/C23H27FN4O5S/c1-14(12-30-2)25-20(29)13-34-23-27-26-22(28(23)17-9-7-6-8-16(17)24)15-10-18(31-3)21(33-5)19(11-15)32-4/h6-11,14H,12-13H2,1-5H3,(H,25,29). The number of para-hydroxylation sites is 1. The van der Waals surface area contributed by atoms with Gasteiger partial charge in [0.25, 0.3) is 0 Å². The van der Waals surface area contributed by atoms with Crippen LogP contribution in [0.1, 0.15) is 6.92 Å². The first-order chi connectivity index (χ1) is 16.4. The van der Waals surface area contributed by atoms with E-state index in [0.29, 0.717) is 40.4 Å². The summed E-state index contributed by atoms with van der Waals surface area (Å²) in [6.07, 6.45) is 0. The third-order valence-corrected chi connectivity index (χ3v) is 5.74. The van der Waals surface area contributed by atoms with Gasteiger partial charge in [0.05, 0.1) is 39.4 Å². The lowest BCUT2D eigenvalue weighted by atomic mass is 10.1. The molecule has 3 rings (SSSR count). The van der Waals surface area contributed by atoms with Crippen LogP contribution in [0.4, 0.5) is 4.39 Å². The predicted octanol–water partition coefficient (Wildman–Crippen LogP) is 3.34. The van der Waals surface area contributed by atoms with Crippen LogP contribution in [0.3, 0.4) is 0 Å². The van der Waals surface area contributed by atoms with Crippen molar-refractivity contribution in [3.63, 3.8) is 0 Å². The molecule has 0 saturated carbocycles. The normalized spacial score (nSPS) is 11.7. The van der Waals surface area contributed by atoms with Gasteiger partial charge >= 0.3 is 0 Å². The van der Waals surface area contributed by atoms with E-state index >= 15 is 0 Å². The maximum Gasteiger partial charge on any atom is 0.230 e. The van der Waals surface area contributed by atoms with Crippen LogP contribution in [-0.2, 0) is 9.53 Å². The highest BCUT2D eigenvalue weighted by atomic mass is 32.2. The Morgan fingerprint density at radius 1 is 1.09 bits per heavy atom. The van der Waals surface area contributed by atoms with Gasteiger partial charge in [-0.15, -0.1) is 10.2 Å². The molecule has 0 aliphatic heterocycles. The van der Waals surface area contributed by atoms with Gasteiger partial charge in [-0.05, 0) is 31.2 Å². The zero-order valence-electron chi connectivity index (χ0n) is 19.6. The lowest BCUT2D eigenvalue weighted by Gasteiger charge is -2.15. The molecule has 9 nitrogen and oxygen atoms in total. The zero-order valence-corrected chi connectivity index (χ0v) is 20.4. The largest absolute Gasteiger partial charge is 0.493 e. The molecule has 3 aromatic rings. The number of aromatic nitrogens is 3. The van der Waals surface area contributed by atoms with Gasteiger partial charge in [-0.25, -0.2) is 4.39 Å². The fraction of sp³-hybridized carbons (Fsp3) is 0.348. The quantitative estimate of drug-likeness (QED) is 0.409. The van der Waals surface area contributed by atoms with Crippen LogP contribution >= 0.6 is 11.8 Å². The summed E-state index contributed by atoms with van der Waals surface area (Å²) in [4.78, 5) is 12.4. The molecule has 0 fully saturated rings. The highest BCUT2D eigenvalue weighted by Gasteiger charge is 2.23. The van der Waals surface area contributed by atoms with Crippen molar-refractivity contribution in [2.75, 3.05) is 40.8 Å². The molecule has 2 aromatic carbocycles. The average Bonchev–Trinajstić information content (AvgIpc) is 3.25. The zero-order chi connectivity index (χ0) is 24.7. The Bertz CT molecular complexity index is 1120. The Labute approximate surface area is 201 Å². The SMILES string of the molecule is COCC(C)NC(=O)CSc1nnc(-c2cc(OC)c(OC)c(OC)c2)n1-c1ccccc1F. The Hall–Kier alpha value is -3.31. The molecule has 0 bridgehead atoms. The predicted molar refractivity (Wildman–Crippen MR) is 127 cm³/mol. The van der Waals surface area contributed by atoms with Gasteiger partial charge in [-0.1, -0.05) is 23.9 Å². The summed E-state index contributed by atoms with van der Waals surface area (Å²) >= 11 is 1.14. The number of hydrogen-bond acceptors (Lipinski definition) is 8. The minimum atomic E-state index is -0.462. The molecule has 11 heteroatoms. The maximum atomic E-state index is 14.8. The third kappa shape index (κ3) is 5.60. The van der Waals surface area contributed by atoms with Crippen LogP contribution in [0, 0.1) is 5.82 Å². The van der Waals surface area contributed by atoms with Crippen LogP contribution < -0.4 is 19.5 Å². The molecule has 1 aromatic heterocycles. The van der Waals surface area contributed by atoms with Gasteiger partial charge in [-0.3, -0.25) is 9.36 Å². The lowest BCUT2D eigenvalue weighted by Crippen LogP contribution is -2.36. The average molecular weight is 491 g/mol. The second-order valence-electron chi connectivity index (χ2n) is 7.22. The summed E-state index contributed by atoms with van der Waals surface area (Å²) in [5, 5.41) is 11.7. The van der Waals surface area contributed by atoms with Gasteiger partial charge in [0, 0.05) is 18.7 Å². The Kier molecular flexibility index (Phi) is 8.72. The molecule has 0 saturated heterocycles. The van der Waals surface area contributed by atoms with E-state index < -0.39 is 5.82 Å². The number of nitrogens with zero attached hydrogens (tertiary/aromatic N) is 3. The van der Waals surface area contributed by atoms with Gasteiger partial charge < -0.3 is 24.3 Å². The molecule has 0 aliphatic carbocycles. The van der Waals surface area contributed by atoms with Crippen molar-refractivity contribution in [3.05, 3.63) is 42.2 Å². The van der Waals surface area contributed by atoms with Crippen LogP contribution in [0.2, 0.25) is 0 Å². The Morgan fingerprint density at radius 2 is 1.76 bits per heavy atom. The van der Waals surface area contributed by atoms with Crippen molar-refractivity contribution in [2.24, 2.45) is 0 Å². The smallest absolute Gasteiger partial charge is 0.230 e. The number of halogens is 1. The second-order valence-corrected chi connectivity index (χ2v) is 8.16. The number of hydrogen-bond donors (Lipinski definition) is 1. The van der Waals surface area contributed by atoms with E-state index in [1.54, 1.807) is 42.0 Å². The van der Waals surface area contributed by atoms with Crippen LogP contribution in [0.25, 0.3) is 17.1 Å². The van der Waals surface area contributed by atoms with Crippen molar-refractivity contribution >= 4 is 17.7 Å². The molecule has 1 atom stereocenters. The molecule has 0 radical (unpaired) electrons. The topological polar surface area (TPSA) is 96.7 Å². The molecular formula is C23H27FN4O5S. The lowest BCUT2D eigenvalue weighted by molar-refractivity contribution is -0.119. The monoisotopic (exact) mass is 490 g/mol. The minimum absolute atomic E-state index is 0.0654. The van der Waals surface area contributed by atoms with Crippen molar-refractivity contribution in [2.45, 2.75) is 18.1 Å². The van der Waals surface area contributed by atoms with E-state index in [4.69, 9.17) is 18.9 Å². The van der Waals surface area contributed by atoms with E-state index in [1.807, 2.05) is 6.92 Å². The fourth-order valence-corrected chi connectivity index (χ4v) is 4.11. The molecule has 1 heterocycles. The molecule has 0 aliphatic rings. The summed E-state index contributed by atoms with van der Waals surface area (Å²) in [6, 6.07) is 9.54. The highest BCUT2D eigenvalue weighted by Crippen LogP contribution is 2.41. The third-order valence-electron chi connectivity index (χ3n) is 4.81. The van der Waals surface area contributed by atoms with Crippen molar-refractivity contribution in [1.82, 2.24) is 20.1 Å². The molecule has 1 amide bonds. The van der Waals surface area contributed by atoms with Gasteiger partial charge in [-0.2, -0.15) is 0 Å². The maximum absolute atomic E-state index is 14.8. The summed E-state index contributed by atoms with van der Waals surface area (Å²) in [7, 11) is 6.09. The number of methoxy groups -OCH3 is 4. The number of carbonyl (C=O) groups excluding carboxylic acids is 1. The molecule has 1 unspecified atom stereocenters. The summed E-state index contributed by atoms with van der Waals surface area (Å²) < 4.78 is 37.7. The first-order valence-corrected chi connectivity index (χ1v) is 11.3. The van der Waals surface area contributed by atoms with E-state index in [1.165, 1.54) is 27.4 Å². The highest BCUT2D eigenvalue weighted by molar-refractivity contribution is 7.99. The number of thioether (sulfide) groups is 1. The van der Waals surface area contributed by atoms with E-state index in [-0.39, 0.29) is 23.4 Å². The summed E-state index contributed by atoms with van der Waals surface area (Å²) in [5.74, 6) is 1.00. The summed E-state index contributed by atoms with van der Waals surface area (Å²) in [6.45, 7) is 2.24. The van der Waals surface area contributed by atoms with E-state index in [9.17, 15) is 9.18 Å². The molecule has 34 heavy (non-hydrogen) atoms. The Morgan fingerprint density at radius 3 is 2.35 bits per heavy atom. The fourth-order valence-electron chi connectivity index (χ4n) is 3.35. The number of amides is 1. The van der Waals surface area contributed by atoms with Crippen molar-refractivity contribution in [3.8, 4) is 34.3 Å². The van der Waals surface area contributed by atoms with Crippen LogP contribution in [0.15, 0.2) is 41.6 Å². The van der Waals surface area contributed by atoms with E-state index in [2.05, 4.69) is 15.5 Å². The van der Waals surface area contributed by atoms with Crippen molar-refractivity contribution < 1.29 is 28.1 Å². The first-order valence-electron chi connectivity index (χ1n) is 10.3. The Balaban J connectivity index is 2.04. The molecule has 0 spiro atoms. The minimum Gasteiger partial charge on any atom is -0.493 e. The van der Waals surface area contributed by atoms with Gasteiger partial charge in [0.15, 0.2) is 22.5 Å². The number of carbonyl (C=O) groups is 1. The van der Waals surface area contributed by atoms with Crippen LogP contribution in [0.5, 0.6) is 17.2 Å². The van der Waals surface area contributed by atoms with Gasteiger partial charge in [0.1, 0.15) is 5.82 Å². The first kappa shape index (κ1) is 25.3. The molecule has 1 N–H and O–H groups in total.